The Hall–Kier alpha value is -1.43. The van der Waals surface area contributed by atoms with E-state index in [1.807, 2.05) is 24.4 Å². The number of fused-ring (bicyclic) bond motifs is 2. The van der Waals surface area contributed by atoms with Gasteiger partial charge in [0.25, 0.3) is 0 Å². The van der Waals surface area contributed by atoms with Crippen molar-refractivity contribution in [2.24, 2.45) is 0 Å². The summed E-state index contributed by atoms with van der Waals surface area (Å²) in [6.45, 7) is 1.56. The lowest BCUT2D eigenvalue weighted by atomic mass is 10.1. The number of benzene rings is 1. The average molecular weight is 410 g/mol. The number of anilines is 1. The highest BCUT2D eigenvalue weighted by molar-refractivity contribution is 9.10. The van der Waals surface area contributed by atoms with Gasteiger partial charge in [0.15, 0.2) is 0 Å². The van der Waals surface area contributed by atoms with Gasteiger partial charge < -0.3 is 4.90 Å². The number of halogens is 3. The first-order chi connectivity index (χ1) is 11.1. The molecule has 0 amide bonds. The summed E-state index contributed by atoms with van der Waals surface area (Å²) in [6, 6.07) is 7.66. The molecule has 3 aromatic rings. The zero-order chi connectivity index (χ0) is 16.0. The fraction of sp³-hybridized carbons (Fsp3) is 0.188. The zero-order valence-electron chi connectivity index (χ0n) is 11.9. The molecule has 0 unspecified atom stereocenters. The van der Waals surface area contributed by atoms with Crippen molar-refractivity contribution in [3.63, 3.8) is 0 Å². The van der Waals surface area contributed by atoms with Crippen molar-refractivity contribution in [3.8, 4) is 0 Å². The molecule has 1 aromatic carbocycles. The normalized spacial score (nSPS) is 14.1. The summed E-state index contributed by atoms with van der Waals surface area (Å²) >= 11 is 15.7. The summed E-state index contributed by atoms with van der Waals surface area (Å²) in [7, 11) is 0. The molecule has 1 aliphatic heterocycles. The lowest BCUT2D eigenvalue weighted by Gasteiger charge is -2.30. The lowest BCUT2D eigenvalue weighted by molar-refractivity contribution is 0.704. The minimum absolute atomic E-state index is 0.244. The van der Waals surface area contributed by atoms with Crippen molar-refractivity contribution in [1.82, 2.24) is 15.0 Å². The Morgan fingerprint density at radius 2 is 2.00 bits per heavy atom. The fourth-order valence-corrected chi connectivity index (χ4v) is 3.60. The van der Waals surface area contributed by atoms with Crippen molar-refractivity contribution >= 4 is 55.9 Å². The molecule has 0 atom stereocenters. The van der Waals surface area contributed by atoms with Gasteiger partial charge in [0.2, 0.25) is 5.28 Å². The second kappa shape index (κ2) is 5.89. The van der Waals surface area contributed by atoms with E-state index in [0.29, 0.717) is 5.02 Å². The van der Waals surface area contributed by atoms with Crippen LogP contribution in [0.3, 0.4) is 0 Å². The molecule has 0 fully saturated rings. The van der Waals surface area contributed by atoms with E-state index in [2.05, 4.69) is 41.8 Å². The van der Waals surface area contributed by atoms with Crippen LogP contribution in [0, 0.1) is 0 Å². The van der Waals surface area contributed by atoms with Crippen molar-refractivity contribution in [1.29, 1.82) is 0 Å². The lowest BCUT2D eigenvalue weighted by Crippen LogP contribution is -2.31. The molecule has 0 radical (unpaired) electrons. The van der Waals surface area contributed by atoms with Crippen LogP contribution in [-0.2, 0) is 13.0 Å². The molecule has 2 aromatic heterocycles. The number of hydrogen-bond acceptors (Lipinski definition) is 4. The van der Waals surface area contributed by atoms with Crippen LogP contribution in [0.1, 0.15) is 11.3 Å². The van der Waals surface area contributed by atoms with Crippen LogP contribution in [0.5, 0.6) is 0 Å². The van der Waals surface area contributed by atoms with Crippen LogP contribution >= 0.6 is 39.1 Å². The molecular weight excluding hydrogens is 399 g/mol. The molecule has 23 heavy (non-hydrogen) atoms. The van der Waals surface area contributed by atoms with Gasteiger partial charge in [-0.1, -0.05) is 11.6 Å². The number of aromatic nitrogens is 3. The molecule has 0 bridgehead atoms. The van der Waals surface area contributed by atoms with E-state index in [0.717, 1.165) is 46.4 Å². The van der Waals surface area contributed by atoms with Gasteiger partial charge in [0, 0.05) is 46.3 Å². The monoisotopic (exact) mass is 408 g/mol. The van der Waals surface area contributed by atoms with E-state index in [4.69, 9.17) is 23.2 Å². The third-order valence-corrected chi connectivity index (χ3v) is 4.75. The minimum Gasteiger partial charge on any atom is -0.351 e. The Bertz CT molecular complexity index is 916. The second-order valence-electron chi connectivity index (χ2n) is 5.41. The van der Waals surface area contributed by atoms with E-state index >= 15 is 0 Å². The molecule has 3 heterocycles. The molecule has 4 nitrogen and oxygen atoms in total. The highest BCUT2D eigenvalue weighted by atomic mass is 79.9. The van der Waals surface area contributed by atoms with Crippen molar-refractivity contribution in [2.75, 3.05) is 11.4 Å². The Morgan fingerprint density at radius 1 is 1.13 bits per heavy atom. The Balaban J connectivity index is 1.82. The highest BCUT2D eigenvalue weighted by Gasteiger charge is 2.21. The molecule has 0 N–H and O–H groups in total. The summed E-state index contributed by atoms with van der Waals surface area (Å²) in [4.78, 5) is 15.4. The SMILES string of the molecule is Clc1ccc2nc(Cl)nc(N3CCc4ncc(Br)cc4C3)c2c1. The van der Waals surface area contributed by atoms with Gasteiger partial charge in [0.05, 0.1) is 5.52 Å². The maximum Gasteiger partial charge on any atom is 0.224 e. The Labute approximate surface area is 151 Å². The van der Waals surface area contributed by atoms with Gasteiger partial charge in [-0.2, -0.15) is 4.98 Å². The van der Waals surface area contributed by atoms with Gasteiger partial charge in [-0.05, 0) is 57.4 Å². The first-order valence-corrected chi connectivity index (χ1v) is 8.66. The molecule has 4 rings (SSSR count). The molecule has 0 saturated carbocycles. The molecule has 1 aliphatic rings. The smallest absolute Gasteiger partial charge is 0.224 e. The van der Waals surface area contributed by atoms with Gasteiger partial charge >= 0.3 is 0 Å². The van der Waals surface area contributed by atoms with E-state index in [1.54, 1.807) is 0 Å². The van der Waals surface area contributed by atoms with Crippen LogP contribution in [0.2, 0.25) is 10.3 Å². The predicted molar refractivity (Wildman–Crippen MR) is 96.2 cm³/mol. The summed E-state index contributed by atoms with van der Waals surface area (Å²) in [5, 5.41) is 1.81. The summed E-state index contributed by atoms with van der Waals surface area (Å²) in [5.41, 5.74) is 3.12. The standard InChI is InChI=1S/C16H11BrCl2N4/c17-10-5-9-8-23(4-3-13(9)20-7-10)15-12-6-11(18)1-2-14(12)21-16(19)22-15/h1-2,5-7H,3-4,8H2. The van der Waals surface area contributed by atoms with Crippen molar-refractivity contribution < 1.29 is 0 Å². The largest absolute Gasteiger partial charge is 0.351 e. The maximum absolute atomic E-state index is 6.15. The summed E-state index contributed by atoms with van der Waals surface area (Å²) in [5.74, 6) is 0.813. The highest BCUT2D eigenvalue weighted by Crippen LogP contribution is 2.31. The number of nitrogens with zero attached hydrogens (tertiary/aromatic N) is 4. The maximum atomic E-state index is 6.15. The molecular formula is C16H11BrCl2N4. The second-order valence-corrected chi connectivity index (χ2v) is 7.10. The van der Waals surface area contributed by atoms with Gasteiger partial charge in [0.1, 0.15) is 5.82 Å². The Kier molecular flexibility index (Phi) is 3.87. The third kappa shape index (κ3) is 2.89. The molecule has 7 heteroatoms. The zero-order valence-corrected chi connectivity index (χ0v) is 15.0. The van der Waals surface area contributed by atoms with Crippen LogP contribution in [0.25, 0.3) is 10.9 Å². The summed E-state index contributed by atoms with van der Waals surface area (Å²) in [6.07, 6.45) is 2.71. The van der Waals surface area contributed by atoms with E-state index in [-0.39, 0.29) is 5.28 Å². The molecule has 0 aliphatic carbocycles. The number of hydrogen-bond donors (Lipinski definition) is 0. The fourth-order valence-electron chi connectivity index (χ4n) is 2.88. The van der Waals surface area contributed by atoms with Crippen LogP contribution in [0.4, 0.5) is 5.82 Å². The summed E-state index contributed by atoms with van der Waals surface area (Å²) < 4.78 is 0.978. The first-order valence-electron chi connectivity index (χ1n) is 7.11. The van der Waals surface area contributed by atoms with Gasteiger partial charge in [-0.15, -0.1) is 0 Å². The van der Waals surface area contributed by atoms with Crippen LogP contribution in [0.15, 0.2) is 34.9 Å². The number of rotatable bonds is 1. The molecule has 0 spiro atoms. The van der Waals surface area contributed by atoms with Crippen molar-refractivity contribution in [2.45, 2.75) is 13.0 Å². The molecule has 0 saturated heterocycles. The van der Waals surface area contributed by atoms with Crippen molar-refractivity contribution in [3.05, 3.63) is 56.5 Å². The van der Waals surface area contributed by atoms with E-state index in [9.17, 15) is 0 Å². The van der Waals surface area contributed by atoms with Gasteiger partial charge in [-0.25, -0.2) is 4.98 Å². The first kappa shape index (κ1) is 15.1. The average Bonchev–Trinajstić information content (AvgIpc) is 2.54. The quantitative estimate of drug-likeness (QED) is 0.548. The molecule has 116 valence electrons. The minimum atomic E-state index is 0.244. The van der Waals surface area contributed by atoms with Crippen LogP contribution in [-0.4, -0.2) is 21.5 Å². The van der Waals surface area contributed by atoms with Gasteiger partial charge in [-0.3, -0.25) is 4.98 Å². The predicted octanol–water partition coefficient (Wildman–Crippen LogP) is 4.66. The van der Waals surface area contributed by atoms with E-state index < -0.39 is 0 Å². The van der Waals surface area contributed by atoms with Crippen LogP contribution < -0.4 is 4.90 Å². The Morgan fingerprint density at radius 3 is 2.87 bits per heavy atom. The van der Waals surface area contributed by atoms with E-state index in [1.165, 1.54) is 5.56 Å². The topological polar surface area (TPSA) is 41.9 Å². The number of pyridine rings is 1. The third-order valence-electron chi connectivity index (χ3n) is 3.92.